The van der Waals surface area contributed by atoms with E-state index in [-0.39, 0.29) is 0 Å². The van der Waals surface area contributed by atoms with Gasteiger partial charge in [0.1, 0.15) is 0 Å². The molecule has 1 aromatic rings. The van der Waals surface area contributed by atoms with Crippen LogP contribution < -0.4 is 11.2 Å². The van der Waals surface area contributed by atoms with Gasteiger partial charge in [0.2, 0.25) is 0 Å². The summed E-state index contributed by atoms with van der Waals surface area (Å²) in [5.41, 5.74) is 11.0. The van der Waals surface area contributed by atoms with Gasteiger partial charge in [-0.05, 0) is 18.9 Å². The largest absolute Gasteiger partial charge is 0.382 e. The Kier molecular flexibility index (Phi) is 6.33. The van der Waals surface area contributed by atoms with Crippen molar-refractivity contribution in [2.24, 2.45) is 10.8 Å². The van der Waals surface area contributed by atoms with Gasteiger partial charge in [0.15, 0.2) is 5.84 Å². The highest BCUT2D eigenvalue weighted by molar-refractivity contribution is 5.97. The highest BCUT2D eigenvalue weighted by atomic mass is 15.3. The molecule has 0 unspecified atom stereocenters. The Hall–Kier alpha value is -2.03. The number of nitrogens with two attached hydrogens (primary N) is 1. The summed E-state index contributed by atoms with van der Waals surface area (Å²) in [7, 11) is 0. The van der Waals surface area contributed by atoms with Gasteiger partial charge in [-0.2, -0.15) is 5.10 Å². The summed E-state index contributed by atoms with van der Waals surface area (Å²) in [6, 6.07) is 9.72. The Labute approximate surface area is 109 Å². The van der Waals surface area contributed by atoms with Crippen LogP contribution in [0.5, 0.6) is 0 Å². The maximum Gasteiger partial charge on any atom is 0.150 e. The van der Waals surface area contributed by atoms with Crippen molar-refractivity contribution < 1.29 is 0 Å². The second-order valence-electron chi connectivity index (χ2n) is 3.89. The van der Waals surface area contributed by atoms with Crippen LogP contribution in [0.15, 0.2) is 59.2 Å². The van der Waals surface area contributed by atoms with Crippen molar-refractivity contribution in [3.8, 4) is 0 Å². The average Bonchev–Trinajstić information content (AvgIpc) is 2.40. The number of amidine groups is 1. The zero-order valence-corrected chi connectivity index (χ0v) is 11.1. The smallest absolute Gasteiger partial charge is 0.150 e. The lowest BCUT2D eigenvalue weighted by atomic mass is 10.2. The fourth-order valence-electron chi connectivity index (χ4n) is 1.56. The third-order valence-electron chi connectivity index (χ3n) is 2.40. The normalized spacial score (nSPS) is 13.0. The zero-order chi connectivity index (χ0) is 13.2. The predicted octanol–water partition coefficient (Wildman–Crippen LogP) is 2.81. The third kappa shape index (κ3) is 4.87. The van der Waals surface area contributed by atoms with E-state index in [1.165, 1.54) is 5.57 Å². The first-order valence-electron chi connectivity index (χ1n) is 6.21. The van der Waals surface area contributed by atoms with Crippen LogP contribution in [0.4, 0.5) is 0 Å². The second kappa shape index (κ2) is 8.12. The van der Waals surface area contributed by atoms with Crippen LogP contribution in [0.2, 0.25) is 0 Å². The maximum absolute atomic E-state index is 5.88. The Morgan fingerprint density at radius 1 is 1.33 bits per heavy atom. The molecule has 1 rings (SSSR count). The van der Waals surface area contributed by atoms with Gasteiger partial charge in [0.25, 0.3) is 0 Å². The molecule has 0 radical (unpaired) electrons. The fourth-order valence-corrected chi connectivity index (χ4v) is 1.56. The quantitative estimate of drug-likeness (QED) is 0.349. The lowest BCUT2D eigenvalue weighted by Crippen LogP contribution is -2.20. The second-order valence-corrected chi connectivity index (χ2v) is 3.89. The zero-order valence-electron chi connectivity index (χ0n) is 11.1. The maximum atomic E-state index is 5.88. The van der Waals surface area contributed by atoms with E-state index in [4.69, 9.17) is 5.73 Å². The van der Waals surface area contributed by atoms with Crippen molar-refractivity contribution in [2.45, 2.75) is 20.3 Å². The summed E-state index contributed by atoms with van der Waals surface area (Å²) in [5.74, 6) is 0.506. The molecule has 0 saturated carbocycles. The van der Waals surface area contributed by atoms with E-state index < -0.39 is 0 Å². The summed E-state index contributed by atoms with van der Waals surface area (Å²) in [4.78, 5) is 0. The first kappa shape index (κ1) is 14.0. The van der Waals surface area contributed by atoms with Crippen molar-refractivity contribution in [1.82, 2.24) is 5.43 Å². The molecule has 3 nitrogen and oxygen atoms in total. The van der Waals surface area contributed by atoms with E-state index in [1.54, 1.807) is 0 Å². The third-order valence-corrected chi connectivity index (χ3v) is 2.40. The minimum atomic E-state index is 0.506. The van der Waals surface area contributed by atoms with Crippen molar-refractivity contribution in [3.05, 3.63) is 59.7 Å². The standard InChI is InChI=1S/C15H21N3/c1-3-8-13(9-4-2)12-17-18-15(16)14-10-6-5-7-11-14/h3,5-11,17H,4,12H2,1-2H3,(H2,16,18)/b8-3-,13-9+. The van der Waals surface area contributed by atoms with Gasteiger partial charge in [-0.1, -0.05) is 55.5 Å². The van der Waals surface area contributed by atoms with E-state index >= 15 is 0 Å². The summed E-state index contributed by atoms with van der Waals surface area (Å²) >= 11 is 0. The highest BCUT2D eigenvalue weighted by Gasteiger charge is 1.96. The van der Waals surface area contributed by atoms with E-state index in [0.29, 0.717) is 12.4 Å². The molecule has 0 heterocycles. The van der Waals surface area contributed by atoms with Crippen LogP contribution >= 0.6 is 0 Å². The molecule has 96 valence electrons. The molecule has 0 aliphatic carbocycles. The van der Waals surface area contributed by atoms with Crippen LogP contribution in [0.25, 0.3) is 0 Å². The molecule has 1 aromatic carbocycles. The summed E-state index contributed by atoms with van der Waals surface area (Å²) in [5, 5.41) is 4.17. The summed E-state index contributed by atoms with van der Waals surface area (Å²) in [6.07, 6.45) is 7.28. The highest BCUT2D eigenvalue weighted by Crippen LogP contribution is 1.99. The first-order chi connectivity index (χ1) is 8.77. The number of hydrogen-bond acceptors (Lipinski definition) is 2. The Balaban J connectivity index is 2.56. The van der Waals surface area contributed by atoms with Gasteiger partial charge in [-0.25, -0.2) is 0 Å². The number of rotatable bonds is 6. The lowest BCUT2D eigenvalue weighted by Gasteiger charge is -2.04. The van der Waals surface area contributed by atoms with Crippen LogP contribution in [-0.2, 0) is 0 Å². The number of allylic oxidation sites excluding steroid dienone is 2. The van der Waals surface area contributed by atoms with Gasteiger partial charge >= 0.3 is 0 Å². The molecular weight excluding hydrogens is 222 g/mol. The Bertz CT molecular complexity index is 430. The van der Waals surface area contributed by atoms with E-state index in [1.807, 2.05) is 43.3 Å². The molecule has 0 fully saturated rings. The molecule has 0 aliphatic rings. The van der Waals surface area contributed by atoms with Crippen molar-refractivity contribution in [3.63, 3.8) is 0 Å². The van der Waals surface area contributed by atoms with E-state index in [2.05, 4.69) is 29.6 Å². The molecule has 0 bridgehead atoms. The predicted molar refractivity (Wildman–Crippen MR) is 78.4 cm³/mol. The van der Waals surface area contributed by atoms with E-state index in [9.17, 15) is 0 Å². The topological polar surface area (TPSA) is 50.4 Å². The minimum absolute atomic E-state index is 0.506. The van der Waals surface area contributed by atoms with Crippen molar-refractivity contribution in [1.29, 1.82) is 0 Å². The summed E-state index contributed by atoms with van der Waals surface area (Å²) in [6.45, 7) is 4.81. The van der Waals surface area contributed by atoms with Crippen molar-refractivity contribution >= 4 is 5.84 Å². The molecule has 3 heteroatoms. The number of nitrogens with one attached hydrogen (secondary N) is 1. The Morgan fingerprint density at radius 2 is 2.06 bits per heavy atom. The van der Waals surface area contributed by atoms with Gasteiger partial charge in [0.05, 0.1) is 6.54 Å². The van der Waals surface area contributed by atoms with Crippen LogP contribution in [-0.4, -0.2) is 12.4 Å². The van der Waals surface area contributed by atoms with Gasteiger partial charge in [-0.15, -0.1) is 0 Å². The van der Waals surface area contributed by atoms with Crippen LogP contribution in [0.3, 0.4) is 0 Å². The number of hydrazone groups is 1. The number of hydrogen-bond donors (Lipinski definition) is 2. The molecule has 0 atom stereocenters. The molecule has 0 saturated heterocycles. The van der Waals surface area contributed by atoms with Crippen LogP contribution in [0, 0.1) is 0 Å². The first-order valence-corrected chi connectivity index (χ1v) is 6.21. The van der Waals surface area contributed by atoms with Gasteiger partial charge < -0.3 is 11.2 Å². The molecule has 0 amide bonds. The fraction of sp³-hybridized carbons (Fsp3) is 0.267. The monoisotopic (exact) mass is 243 g/mol. The summed E-state index contributed by atoms with van der Waals surface area (Å²) < 4.78 is 0. The van der Waals surface area contributed by atoms with E-state index in [0.717, 1.165) is 12.0 Å². The molecule has 0 aliphatic heterocycles. The van der Waals surface area contributed by atoms with Gasteiger partial charge in [0, 0.05) is 5.56 Å². The number of nitrogens with zero attached hydrogens (tertiary/aromatic N) is 1. The number of benzene rings is 1. The molecule has 0 spiro atoms. The SMILES string of the molecule is C/C=C\C(=C/CC)CN/N=C(\N)c1ccccc1. The molecular formula is C15H21N3. The van der Waals surface area contributed by atoms with Gasteiger partial charge in [-0.3, -0.25) is 0 Å². The molecule has 18 heavy (non-hydrogen) atoms. The Morgan fingerprint density at radius 3 is 2.67 bits per heavy atom. The average molecular weight is 243 g/mol. The van der Waals surface area contributed by atoms with Crippen LogP contribution in [0.1, 0.15) is 25.8 Å². The van der Waals surface area contributed by atoms with Crippen molar-refractivity contribution in [2.75, 3.05) is 6.54 Å². The minimum Gasteiger partial charge on any atom is -0.382 e. The lowest BCUT2D eigenvalue weighted by molar-refractivity contribution is 0.803. The molecule has 0 aromatic heterocycles. The molecule has 3 N–H and O–H groups in total.